The Morgan fingerprint density at radius 3 is 2.71 bits per heavy atom. The first-order valence-corrected chi connectivity index (χ1v) is 8.58. The molecule has 0 radical (unpaired) electrons. The van der Waals surface area contributed by atoms with Crippen LogP contribution >= 0.6 is 11.6 Å². The molecule has 2 heterocycles. The van der Waals surface area contributed by atoms with Gasteiger partial charge in [-0.2, -0.15) is 0 Å². The molecule has 5 heteroatoms. The summed E-state index contributed by atoms with van der Waals surface area (Å²) in [5.74, 6) is 1.04. The Morgan fingerprint density at radius 2 is 2.00 bits per heavy atom. The summed E-state index contributed by atoms with van der Waals surface area (Å²) < 4.78 is 2.32. The highest BCUT2D eigenvalue weighted by Gasteiger charge is 2.21. The second-order valence-electron chi connectivity index (χ2n) is 6.15. The van der Waals surface area contributed by atoms with Gasteiger partial charge in [0.15, 0.2) is 0 Å². The maximum Gasteiger partial charge on any atom is 0.252 e. The molecule has 1 aliphatic rings. The Balaban J connectivity index is 1.72. The molecule has 1 aliphatic heterocycles. The van der Waals surface area contributed by atoms with E-state index in [1.54, 1.807) is 12.1 Å². The zero-order valence-electron chi connectivity index (χ0n) is 13.2. The van der Waals surface area contributed by atoms with Crippen molar-refractivity contribution in [3.8, 4) is 0 Å². The second kappa shape index (κ2) is 6.38. The summed E-state index contributed by atoms with van der Waals surface area (Å²) in [6, 6.07) is 15.7. The lowest BCUT2D eigenvalue weighted by Gasteiger charge is -2.17. The van der Waals surface area contributed by atoms with Crippen LogP contribution in [0.5, 0.6) is 0 Å². The minimum Gasteiger partial charge on any atom is -0.311 e. The number of rotatable bonds is 4. The monoisotopic (exact) mass is 339 g/mol. The predicted molar refractivity (Wildman–Crippen MR) is 95.4 cm³/mol. The zero-order chi connectivity index (χ0) is 16.5. The number of hydrogen-bond acceptors (Lipinski definition) is 3. The number of aromatic nitrogens is 2. The number of carbonyl (C=O) groups is 1. The minimum atomic E-state index is -0.427. The van der Waals surface area contributed by atoms with Gasteiger partial charge < -0.3 is 4.57 Å². The largest absolute Gasteiger partial charge is 0.311 e. The van der Waals surface area contributed by atoms with Crippen LogP contribution in [-0.4, -0.2) is 21.3 Å². The van der Waals surface area contributed by atoms with Crippen molar-refractivity contribution in [1.82, 2.24) is 14.9 Å². The van der Waals surface area contributed by atoms with Crippen LogP contribution in [0.25, 0.3) is 11.0 Å². The van der Waals surface area contributed by atoms with E-state index in [1.807, 2.05) is 18.2 Å². The van der Waals surface area contributed by atoms with Gasteiger partial charge in [-0.3, -0.25) is 10.1 Å². The van der Waals surface area contributed by atoms with Gasteiger partial charge in [-0.05, 0) is 60.8 Å². The average Bonchev–Trinajstić information content (AvgIpc) is 3.22. The van der Waals surface area contributed by atoms with Crippen LogP contribution in [0.3, 0.4) is 0 Å². The van der Waals surface area contributed by atoms with Gasteiger partial charge in [-0.25, -0.2) is 4.98 Å². The van der Waals surface area contributed by atoms with Crippen molar-refractivity contribution in [3.05, 3.63) is 65.5 Å². The van der Waals surface area contributed by atoms with Crippen molar-refractivity contribution in [2.24, 2.45) is 0 Å². The fourth-order valence-corrected chi connectivity index (χ4v) is 3.52. The van der Waals surface area contributed by atoms with Crippen LogP contribution in [0.1, 0.15) is 40.8 Å². The SMILES string of the molecule is O=C(Cl)c1ccc(Cc2nc3ccccc3n2C2CCCN2)cc1. The van der Waals surface area contributed by atoms with Crippen LogP contribution in [0.4, 0.5) is 0 Å². The van der Waals surface area contributed by atoms with Crippen LogP contribution in [0.2, 0.25) is 0 Å². The van der Waals surface area contributed by atoms with Gasteiger partial charge in [-0.15, -0.1) is 0 Å². The highest BCUT2D eigenvalue weighted by molar-refractivity contribution is 6.67. The standard InChI is InChI=1S/C19H18ClN3O/c20-19(24)14-9-7-13(8-10-14)12-18-22-15-4-1-2-5-16(15)23(18)17-6-3-11-21-17/h1-2,4-5,7-10,17,21H,3,6,11-12H2. The molecule has 2 aromatic carbocycles. The topological polar surface area (TPSA) is 46.9 Å². The Morgan fingerprint density at radius 1 is 1.21 bits per heavy atom. The molecule has 1 saturated heterocycles. The summed E-state index contributed by atoms with van der Waals surface area (Å²) in [5.41, 5.74) is 3.82. The molecular formula is C19H18ClN3O. The van der Waals surface area contributed by atoms with Crippen molar-refractivity contribution in [1.29, 1.82) is 0 Å². The van der Waals surface area contributed by atoms with Crippen LogP contribution in [-0.2, 0) is 6.42 Å². The van der Waals surface area contributed by atoms with Crippen molar-refractivity contribution in [2.75, 3.05) is 6.54 Å². The van der Waals surface area contributed by atoms with E-state index < -0.39 is 5.24 Å². The molecule has 3 aromatic rings. The summed E-state index contributed by atoms with van der Waals surface area (Å²) in [7, 11) is 0. The number of para-hydroxylation sites is 2. The first kappa shape index (κ1) is 15.4. The van der Waals surface area contributed by atoms with Gasteiger partial charge in [-0.1, -0.05) is 24.3 Å². The summed E-state index contributed by atoms with van der Waals surface area (Å²) in [6.45, 7) is 1.04. The summed E-state index contributed by atoms with van der Waals surface area (Å²) in [4.78, 5) is 16.0. The molecule has 4 nitrogen and oxygen atoms in total. The number of nitrogens with one attached hydrogen (secondary N) is 1. The molecule has 0 saturated carbocycles. The third kappa shape index (κ3) is 2.83. The van der Waals surface area contributed by atoms with Gasteiger partial charge in [0.25, 0.3) is 5.24 Å². The molecule has 1 N–H and O–H groups in total. The van der Waals surface area contributed by atoms with Gasteiger partial charge in [0.2, 0.25) is 0 Å². The summed E-state index contributed by atoms with van der Waals surface area (Å²) in [6.07, 6.45) is 3.33. The Hall–Kier alpha value is -2.17. The van der Waals surface area contributed by atoms with E-state index in [1.165, 1.54) is 11.9 Å². The maximum absolute atomic E-state index is 11.2. The molecule has 1 fully saturated rings. The summed E-state index contributed by atoms with van der Waals surface area (Å²) >= 11 is 5.52. The lowest BCUT2D eigenvalue weighted by molar-refractivity contribution is 0.108. The van der Waals surface area contributed by atoms with Crippen molar-refractivity contribution < 1.29 is 4.79 Å². The third-order valence-electron chi connectivity index (χ3n) is 4.56. The van der Waals surface area contributed by atoms with E-state index >= 15 is 0 Å². The van der Waals surface area contributed by atoms with Crippen LogP contribution in [0.15, 0.2) is 48.5 Å². The lowest BCUT2D eigenvalue weighted by atomic mass is 10.1. The van der Waals surface area contributed by atoms with E-state index in [0.29, 0.717) is 11.7 Å². The van der Waals surface area contributed by atoms with E-state index in [-0.39, 0.29) is 0 Å². The molecular weight excluding hydrogens is 322 g/mol. The Bertz CT molecular complexity index is 879. The number of carbonyl (C=O) groups excluding carboxylic acids is 1. The zero-order valence-corrected chi connectivity index (χ0v) is 14.0. The van der Waals surface area contributed by atoms with Gasteiger partial charge >= 0.3 is 0 Å². The normalized spacial score (nSPS) is 17.5. The quantitative estimate of drug-likeness (QED) is 0.733. The molecule has 122 valence electrons. The van der Waals surface area contributed by atoms with Crippen LogP contribution < -0.4 is 5.32 Å². The Labute approximate surface area is 145 Å². The predicted octanol–water partition coefficient (Wildman–Crippen LogP) is 3.89. The molecule has 0 amide bonds. The van der Waals surface area contributed by atoms with E-state index in [4.69, 9.17) is 16.6 Å². The molecule has 24 heavy (non-hydrogen) atoms. The fourth-order valence-electron chi connectivity index (χ4n) is 3.39. The molecule has 1 aromatic heterocycles. The number of imidazole rings is 1. The average molecular weight is 340 g/mol. The number of hydrogen-bond donors (Lipinski definition) is 1. The van der Waals surface area contributed by atoms with Gasteiger partial charge in [0, 0.05) is 12.0 Å². The molecule has 4 rings (SSSR count). The number of nitrogens with zero attached hydrogens (tertiary/aromatic N) is 2. The minimum absolute atomic E-state index is 0.302. The van der Waals surface area contributed by atoms with Crippen LogP contribution in [0, 0.1) is 0 Å². The first-order chi connectivity index (χ1) is 11.7. The molecule has 1 unspecified atom stereocenters. The number of fused-ring (bicyclic) bond motifs is 1. The highest BCUT2D eigenvalue weighted by atomic mass is 35.5. The van der Waals surface area contributed by atoms with Gasteiger partial charge in [0.05, 0.1) is 17.2 Å². The van der Waals surface area contributed by atoms with Crippen molar-refractivity contribution in [2.45, 2.75) is 25.4 Å². The fraction of sp³-hybridized carbons (Fsp3) is 0.263. The van der Waals surface area contributed by atoms with Gasteiger partial charge in [0.1, 0.15) is 5.82 Å². The number of halogens is 1. The smallest absolute Gasteiger partial charge is 0.252 e. The summed E-state index contributed by atoms with van der Waals surface area (Å²) in [5, 5.41) is 3.14. The molecule has 1 atom stereocenters. The molecule has 0 aliphatic carbocycles. The van der Waals surface area contributed by atoms with E-state index in [0.717, 1.165) is 36.3 Å². The van der Waals surface area contributed by atoms with E-state index in [2.05, 4.69) is 28.1 Å². The first-order valence-electron chi connectivity index (χ1n) is 8.20. The molecule has 0 bridgehead atoms. The van der Waals surface area contributed by atoms with Crippen molar-refractivity contribution >= 4 is 27.9 Å². The lowest BCUT2D eigenvalue weighted by Crippen LogP contribution is -2.21. The molecule has 0 spiro atoms. The van der Waals surface area contributed by atoms with E-state index in [9.17, 15) is 4.79 Å². The maximum atomic E-state index is 11.2. The number of benzene rings is 2. The Kier molecular flexibility index (Phi) is 4.08. The third-order valence-corrected chi connectivity index (χ3v) is 4.78. The van der Waals surface area contributed by atoms with Crippen molar-refractivity contribution in [3.63, 3.8) is 0 Å². The second-order valence-corrected chi connectivity index (χ2v) is 6.49. The highest BCUT2D eigenvalue weighted by Crippen LogP contribution is 2.26.